The highest BCUT2D eigenvalue weighted by molar-refractivity contribution is 14.1. The third-order valence-corrected chi connectivity index (χ3v) is 5.05. The number of hydrogen-bond donors (Lipinski definition) is 1. The van der Waals surface area contributed by atoms with Crippen molar-refractivity contribution in [3.05, 3.63) is 69.3 Å². The van der Waals surface area contributed by atoms with Crippen LogP contribution in [0.1, 0.15) is 34.8 Å². The molecule has 0 radical (unpaired) electrons. The number of rotatable bonds is 5. The molecule has 0 aromatic heterocycles. The monoisotopic (exact) mass is 420 g/mol. The van der Waals surface area contributed by atoms with Crippen molar-refractivity contribution in [2.24, 2.45) is 0 Å². The van der Waals surface area contributed by atoms with E-state index < -0.39 is 0 Å². The first kappa shape index (κ1) is 16.5. The number of amides is 1. The molecule has 4 heteroatoms. The van der Waals surface area contributed by atoms with E-state index in [1.165, 1.54) is 18.4 Å². The van der Waals surface area contributed by atoms with E-state index >= 15 is 0 Å². The fourth-order valence-corrected chi connectivity index (χ4v) is 3.44. The minimum absolute atomic E-state index is 0.00141. The molecule has 0 saturated carbocycles. The highest BCUT2D eigenvalue weighted by Gasteiger charge is 2.23. The zero-order valence-corrected chi connectivity index (χ0v) is 15.2. The molecular weight excluding hydrogens is 399 g/mol. The molecular formula is C19H21IN2O. The Kier molecular flexibility index (Phi) is 5.67. The van der Waals surface area contributed by atoms with Crippen LogP contribution in [0.15, 0.2) is 54.6 Å². The topological polar surface area (TPSA) is 32.3 Å². The minimum Gasteiger partial charge on any atom is -0.350 e. The summed E-state index contributed by atoms with van der Waals surface area (Å²) < 4.78 is 1.14. The second-order valence-corrected chi connectivity index (χ2v) is 7.13. The van der Waals surface area contributed by atoms with Crippen molar-refractivity contribution in [1.82, 2.24) is 10.2 Å². The summed E-state index contributed by atoms with van der Waals surface area (Å²) in [5.41, 5.74) is 2.00. The van der Waals surface area contributed by atoms with E-state index in [4.69, 9.17) is 0 Å². The van der Waals surface area contributed by atoms with Gasteiger partial charge in [-0.15, -0.1) is 0 Å². The van der Waals surface area contributed by atoms with E-state index in [9.17, 15) is 4.79 Å². The quantitative estimate of drug-likeness (QED) is 0.746. The third kappa shape index (κ3) is 4.32. The first-order valence-corrected chi connectivity index (χ1v) is 9.15. The summed E-state index contributed by atoms with van der Waals surface area (Å²) in [6.07, 6.45) is 2.49. The SMILES string of the molecule is O=C(NCC(c1ccccc1)N1CCCC1)c1ccc(I)cc1. The van der Waals surface area contributed by atoms with Crippen LogP contribution in [0.2, 0.25) is 0 Å². The Morgan fingerprint density at radius 2 is 1.70 bits per heavy atom. The predicted octanol–water partition coefficient (Wildman–Crippen LogP) is 3.86. The number of likely N-dealkylation sites (tertiary alicyclic amines) is 1. The molecule has 3 rings (SSSR count). The van der Waals surface area contributed by atoms with Crippen LogP contribution in [0.25, 0.3) is 0 Å². The number of benzene rings is 2. The van der Waals surface area contributed by atoms with E-state index in [0.29, 0.717) is 6.54 Å². The lowest BCUT2D eigenvalue weighted by molar-refractivity contribution is 0.0938. The maximum absolute atomic E-state index is 12.4. The van der Waals surface area contributed by atoms with E-state index in [0.717, 1.165) is 22.2 Å². The van der Waals surface area contributed by atoms with Crippen molar-refractivity contribution in [1.29, 1.82) is 0 Å². The molecule has 1 fully saturated rings. The van der Waals surface area contributed by atoms with Gasteiger partial charge < -0.3 is 5.32 Å². The molecule has 1 atom stereocenters. The summed E-state index contributed by atoms with van der Waals surface area (Å²) >= 11 is 2.25. The summed E-state index contributed by atoms with van der Waals surface area (Å²) in [6.45, 7) is 2.87. The van der Waals surface area contributed by atoms with Gasteiger partial charge in [0.2, 0.25) is 0 Å². The first-order valence-electron chi connectivity index (χ1n) is 8.07. The van der Waals surface area contributed by atoms with Crippen molar-refractivity contribution < 1.29 is 4.79 Å². The molecule has 1 aliphatic rings. The molecule has 1 amide bonds. The van der Waals surface area contributed by atoms with Gasteiger partial charge in [-0.3, -0.25) is 9.69 Å². The average Bonchev–Trinajstić information content (AvgIpc) is 3.11. The standard InChI is InChI=1S/C19H21IN2O/c20-17-10-8-16(9-11-17)19(23)21-14-18(22-12-4-5-13-22)15-6-2-1-3-7-15/h1-3,6-11,18H,4-5,12-14H2,(H,21,23). The molecule has 3 nitrogen and oxygen atoms in total. The smallest absolute Gasteiger partial charge is 0.251 e. The van der Waals surface area contributed by atoms with Gasteiger partial charge in [-0.25, -0.2) is 0 Å². The number of hydrogen-bond acceptors (Lipinski definition) is 2. The van der Waals surface area contributed by atoms with Crippen molar-refractivity contribution in [3.8, 4) is 0 Å². The Morgan fingerprint density at radius 1 is 1.04 bits per heavy atom. The maximum Gasteiger partial charge on any atom is 0.251 e. The third-order valence-electron chi connectivity index (χ3n) is 4.33. The van der Waals surface area contributed by atoms with Crippen LogP contribution in [0, 0.1) is 3.57 Å². The summed E-state index contributed by atoms with van der Waals surface area (Å²) in [5, 5.41) is 3.11. The summed E-state index contributed by atoms with van der Waals surface area (Å²) in [4.78, 5) is 14.9. The number of carbonyl (C=O) groups excluding carboxylic acids is 1. The lowest BCUT2D eigenvalue weighted by Gasteiger charge is -2.28. The molecule has 1 saturated heterocycles. The molecule has 1 aliphatic heterocycles. The first-order chi connectivity index (χ1) is 11.2. The Labute approximate surface area is 151 Å². The van der Waals surface area contributed by atoms with Gasteiger partial charge in [-0.2, -0.15) is 0 Å². The highest BCUT2D eigenvalue weighted by Crippen LogP contribution is 2.24. The van der Waals surface area contributed by atoms with E-state index in [-0.39, 0.29) is 11.9 Å². The normalized spacial score (nSPS) is 16.2. The molecule has 23 heavy (non-hydrogen) atoms. The highest BCUT2D eigenvalue weighted by atomic mass is 127. The summed E-state index contributed by atoms with van der Waals surface area (Å²) in [5.74, 6) is 0.00141. The van der Waals surface area contributed by atoms with E-state index in [2.05, 4.69) is 57.1 Å². The number of nitrogens with one attached hydrogen (secondary N) is 1. The van der Waals surface area contributed by atoms with Gasteiger partial charge in [-0.05, 0) is 78.4 Å². The molecule has 2 aromatic carbocycles. The Balaban J connectivity index is 1.69. The van der Waals surface area contributed by atoms with Gasteiger partial charge in [0.1, 0.15) is 0 Å². The van der Waals surface area contributed by atoms with Gasteiger partial charge >= 0.3 is 0 Å². The van der Waals surface area contributed by atoms with Crippen molar-refractivity contribution in [2.45, 2.75) is 18.9 Å². The van der Waals surface area contributed by atoms with Crippen LogP contribution in [0.3, 0.4) is 0 Å². The van der Waals surface area contributed by atoms with Crippen molar-refractivity contribution in [3.63, 3.8) is 0 Å². The second kappa shape index (κ2) is 7.93. The van der Waals surface area contributed by atoms with Crippen LogP contribution in [-0.2, 0) is 0 Å². The van der Waals surface area contributed by atoms with Gasteiger partial charge in [0.25, 0.3) is 5.91 Å². The van der Waals surface area contributed by atoms with Gasteiger partial charge in [0.05, 0.1) is 6.04 Å². The van der Waals surface area contributed by atoms with Crippen LogP contribution < -0.4 is 5.32 Å². The Bertz CT molecular complexity index is 636. The summed E-state index contributed by atoms with van der Waals surface area (Å²) in [7, 11) is 0. The fraction of sp³-hybridized carbons (Fsp3) is 0.316. The van der Waals surface area contributed by atoms with Crippen LogP contribution in [-0.4, -0.2) is 30.4 Å². The Hall–Kier alpha value is -1.40. The lowest BCUT2D eigenvalue weighted by Crippen LogP contribution is -2.36. The minimum atomic E-state index is 0.00141. The largest absolute Gasteiger partial charge is 0.350 e. The Morgan fingerprint density at radius 3 is 2.35 bits per heavy atom. The predicted molar refractivity (Wildman–Crippen MR) is 101 cm³/mol. The number of nitrogens with zero attached hydrogens (tertiary/aromatic N) is 1. The van der Waals surface area contributed by atoms with E-state index in [1.54, 1.807) is 0 Å². The zero-order valence-electron chi connectivity index (χ0n) is 13.0. The molecule has 1 N–H and O–H groups in total. The van der Waals surface area contributed by atoms with E-state index in [1.807, 2.05) is 30.3 Å². The molecule has 0 spiro atoms. The zero-order chi connectivity index (χ0) is 16.1. The van der Waals surface area contributed by atoms with Gasteiger partial charge in [0.15, 0.2) is 0 Å². The number of carbonyl (C=O) groups is 1. The molecule has 1 unspecified atom stereocenters. The van der Waals surface area contributed by atoms with Gasteiger partial charge in [0, 0.05) is 15.7 Å². The van der Waals surface area contributed by atoms with Crippen LogP contribution >= 0.6 is 22.6 Å². The second-order valence-electron chi connectivity index (χ2n) is 5.89. The van der Waals surface area contributed by atoms with Crippen LogP contribution in [0.5, 0.6) is 0 Å². The maximum atomic E-state index is 12.4. The van der Waals surface area contributed by atoms with Gasteiger partial charge in [-0.1, -0.05) is 30.3 Å². The number of halogens is 1. The molecule has 2 aromatic rings. The average molecular weight is 420 g/mol. The molecule has 1 heterocycles. The van der Waals surface area contributed by atoms with Crippen molar-refractivity contribution >= 4 is 28.5 Å². The summed E-state index contributed by atoms with van der Waals surface area (Å²) in [6, 6.07) is 18.4. The lowest BCUT2D eigenvalue weighted by atomic mass is 10.1. The molecule has 120 valence electrons. The molecule has 0 bridgehead atoms. The van der Waals surface area contributed by atoms with Crippen molar-refractivity contribution in [2.75, 3.05) is 19.6 Å². The van der Waals surface area contributed by atoms with Crippen LogP contribution in [0.4, 0.5) is 0 Å². The fourth-order valence-electron chi connectivity index (χ4n) is 3.08. The molecule has 0 aliphatic carbocycles.